The lowest BCUT2D eigenvalue weighted by atomic mass is 9.82. The van der Waals surface area contributed by atoms with Crippen LogP contribution in [0.5, 0.6) is 0 Å². The minimum atomic E-state index is 0.306. The van der Waals surface area contributed by atoms with Gasteiger partial charge in [0, 0.05) is 32.5 Å². The number of nitrogens with one attached hydrogen (secondary N) is 2. The minimum Gasteiger partial charge on any atom is -0.381 e. The molecule has 2 N–H and O–H groups in total. The van der Waals surface area contributed by atoms with Crippen molar-refractivity contribution in [2.24, 2.45) is 5.41 Å². The van der Waals surface area contributed by atoms with Crippen molar-refractivity contribution in [1.82, 2.24) is 9.97 Å². The van der Waals surface area contributed by atoms with Gasteiger partial charge in [-0.2, -0.15) is 4.98 Å². The van der Waals surface area contributed by atoms with Gasteiger partial charge in [0.25, 0.3) is 0 Å². The van der Waals surface area contributed by atoms with Crippen LogP contribution in [-0.4, -0.2) is 36.3 Å². The SMILES string of the molecule is CCCNc1nccc(NCC2(C)CCOCC2)n1. The van der Waals surface area contributed by atoms with Gasteiger partial charge in [0.15, 0.2) is 0 Å². The molecule has 1 saturated heterocycles. The van der Waals surface area contributed by atoms with Crippen molar-refractivity contribution in [3.63, 3.8) is 0 Å². The molecule has 0 aromatic carbocycles. The van der Waals surface area contributed by atoms with Gasteiger partial charge >= 0.3 is 0 Å². The number of nitrogens with zero attached hydrogens (tertiary/aromatic N) is 2. The molecular formula is C14H24N4O. The largest absolute Gasteiger partial charge is 0.381 e. The molecule has 0 radical (unpaired) electrons. The fourth-order valence-electron chi connectivity index (χ4n) is 2.12. The number of anilines is 2. The maximum Gasteiger partial charge on any atom is 0.224 e. The summed E-state index contributed by atoms with van der Waals surface area (Å²) in [5, 5.41) is 6.62. The van der Waals surface area contributed by atoms with E-state index in [1.165, 1.54) is 0 Å². The zero-order valence-corrected chi connectivity index (χ0v) is 11.9. The second-order valence-electron chi connectivity index (χ2n) is 5.47. The van der Waals surface area contributed by atoms with Crippen LogP contribution in [0.25, 0.3) is 0 Å². The summed E-state index contributed by atoms with van der Waals surface area (Å²) in [5.74, 6) is 1.59. The summed E-state index contributed by atoms with van der Waals surface area (Å²) in [6.45, 7) is 8.00. The van der Waals surface area contributed by atoms with Gasteiger partial charge in [0.1, 0.15) is 5.82 Å². The van der Waals surface area contributed by atoms with E-state index >= 15 is 0 Å². The van der Waals surface area contributed by atoms with E-state index in [0.29, 0.717) is 11.4 Å². The zero-order chi connectivity index (χ0) is 13.6. The standard InChI is InChI=1S/C14H24N4O/c1-3-7-15-13-16-8-4-12(18-13)17-11-14(2)5-9-19-10-6-14/h4,8H,3,5-7,9-11H2,1-2H3,(H2,15,16,17,18). The number of ether oxygens (including phenoxy) is 1. The average molecular weight is 264 g/mol. The molecule has 5 heteroatoms. The quantitative estimate of drug-likeness (QED) is 0.827. The number of aromatic nitrogens is 2. The summed E-state index contributed by atoms with van der Waals surface area (Å²) in [5.41, 5.74) is 0.306. The highest BCUT2D eigenvalue weighted by Gasteiger charge is 2.27. The third kappa shape index (κ3) is 4.35. The van der Waals surface area contributed by atoms with Crippen molar-refractivity contribution in [3.05, 3.63) is 12.3 Å². The topological polar surface area (TPSA) is 59.1 Å². The Morgan fingerprint density at radius 1 is 1.32 bits per heavy atom. The van der Waals surface area contributed by atoms with E-state index in [1.54, 1.807) is 6.20 Å². The predicted molar refractivity (Wildman–Crippen MR) is 77.5 cm³/mol. The van der Waals surface area contributed by atoms with Crippen molar-refractivity contribution in [2.75, 3.05) is 36.9 Å². The van der Waals surface area contributed by atoms with E-state index in [-0.39, 0.29) is 0 Å². The number of hydrogen-bond donors (Lipinski definition) is 2. The molecular weight excluding hydrogens is 240 g/mol. The second kappa shape index (κ2) is 6.70. The van der Waals surface area contributed by atoms with Gasteiger partial charge in [-0.05, 0) is 30.7 Å². The van der Waals surface area contributed by atoms with E-state index < -0.39 is 0 Å². The molecule has 0 amide bonds. The fourth-order valence-corrected chi connectivity index (χ4v) is 2.12. The summed E-state index contributed by atoms with van der Waals surface area (Å²) in [7, 11) is 0. The van der Waals surface area contributed by atoms with E-state index in [2.05, 4.69) is 34.4 Å². The molecule has 1 aromatic heterocycles. The lowest BCUT2D eigenvalue weighted by molar-refractivity contribution is 0.0300. The average Bonchev–Trinajstić information content (AvgIpc) is 2.44. The third-order valence-electron chi connectivity index (χ3n) is 3.58. The first-order valence-corrected chi connectivity index (χ1v) is 7.10. The van der Waals surface area contributed by atoms with Crippen LogP contribution in [-0.2, 0) is 4.74 Å². The van der Waals surface area contributed by atoms with Crippen molar-refractivity contribution in [2.45, 2.75) is 33.1 Å². The Bertz CT molecular complexity index is 391. The highest BCUT2D eigenvalue weighted by atomic mass is 16.5. The van der Waals surface area contributed by atoms with Gasteiger partial charge in [0.2, 0.25) is 5.95 Å². The van der Waals surface area contributed by atoms with Crippen LogP contribution in [0.15, 0.2) is 12.3 Å². The van der Waals surface area contributed by atoms with Crippen molar-refractivity contribution < 1.29 is 4.74 Å². The van der Waals surface area contributed by atoms with Crippen LogP contribution >= 0.6 is 0 Å². The smallest absolute Gasteiger partial charge is 0.224 e. The van der Waals surface area contributed by atoms with Crippen molar-refractivity contribution >= 4 is 11.8 Å². The molecule has 1 aromatic rings. The van der Waals surface area contributed by atoms with Crippen LogP contribution in [0.3, 0.4) is 0 Å². The Kier molecular flexibility index (Phi) is 4.96. The summed E-state index contributed by atoms with van der Waals surface area (Å²) in [6.07, 6.45) is 5.07. The van der Waals surface area contributed by atoms with Gasteiger partial charge in [-0.3, -0.25) is 0 Å². The lowest BCUT2D eigenvalue weighted by Gasteiger charge is -2.33. The maximum atomic E-state index is 5.42. The molecule has 19 heavy (non-hydrogen) atoms. The van der Waals surface area contributed by atoms with Crippen LogP contribution in [0.1, 0.15) is 33.1 Å². The van der Waals surface area contributed by atoms with Gasteiger partial charge in [-0.1, -0.05) is 13.8 Å². The first-order chi connectivity index (χ1) is 9.22. The van der Waals surface area contributed by atoms with Crippen LogP contribution in [0.2, 0.25) is 0 Å². The first kappa shape index (κ1) is 14.1. The Balaban J connectivity index is 1.88. The van der Waals surface area contributed by atoms with E-state index in [9.17, 15) is 0 Å². The van der Waals surface area contributed by atoms with Crippen LogP contribution in [0.4, 0.5) is 11.8 Å². The first-order valence-electron chi connectivity index (χ1n) is 7.10. The monoisotopic (exact) mass is 264 g/mol. The summed E-state index contributed by atoms with van der Waals surface area (Å²) < 4.78 is 5.42. The van der Waals surface area contributed by atoms with Crippen molar-refractivity contribution in [1.29, 1.82) is 0 Å². The molecule has 0 saturated carbocycles. The second-order valence-corrected chi connectivity index (χ2v) is 5.47. The molecule has 1 fully saturated rings. The normalized spacial score (nSPS) is 18.0. The Hall–Kier alpha value is -1.36. The van der Waals surface area contributed by atoms with E-state index in [4.69, 9.17) is 4.74 Å². The van der Waals surface area contributed by atoms with Gasteiger partial charge in [-0.15, -0.1) is 0 Å². The molecule has 1 aliphatic heterocycles. The van der Waals surface area contributed by atoms with E-state index in [0.717, 1.165) is 51.4 Å². The molecule has 0 spiro atoms. The Morgan fingerprint density at radius 3 is 2.84 bits per heavy atom. The summed E-state index contributed by atoms with van der Waals surface area (Å²) in [4.78, 5) is 8.67. The van der Waals surface area contributed by atoms with Crippen molar-refractivity contribution in [3.8, 4) is 0 Å². The Labute approximate surface area is 115 Å². The molecule has 0 atom stereocenters. The zero-order valence-electron chi connectivity index (χ0n) is 11.9. The van der Waals surface area contributed by atoms with Gasteiger partial charge < -0.3 is 15.4 Å². The Morgan fingerprint density at radius 2 is 2.11 bits per heavy atom. The maximum absolute atomic E-state index is 5.42. The lowest BCUT2D eigenvalue weighted by Crippen LogP contribution is -2.33. The highest BCUT2D eigenvalue weighted by molar-refractivity contribution is 5.39. The summed E-state index contributed by atoms with van der Waals surface area (Å²) in [6, 6.07) is 1.92. The van der Waals surface area contributed by atoms with Crippen LogP contribution < -0.4 is 10.6 Å². The predicted octanol–water partition coefficient (Wildman–Crippen LogP) is 2.53. The molecule has 2 rings (SSSR count). The van der Waals surface area contributed by atoms with Crippen LogP contribution in [0, 0.1) is 5.41 Å². The molecule has 5 nitrogen and oxygen atoms in total. The number of rotatable bonds is 6. The van der Waals surface area contributed by atoms with Gasteiger partial charge in [-0.25, -0.2) is 4.98 Å². The third-order valence-corrected chi connectivity index (χ3v) is 3.58. The highest BCUT2D eigenvalue weighted by Crippen LogP contribution is 2.29. The molecule has 0 unspecified atom stereocenters. The minimum absolute atomic E-state index is 0.306. The molecule has 106 valence electrons. The number of hydrogen-bond acceptors (Lipinski definition) is 5. The summed E-state index contributed by atoms with van der Waals surface area (Å²) >= 11 is 0. The molecule has 1 aliphatic rings. The molecule has 0 bridgehead atoms. The molecule has 2 heterocycles. The van der Waals surface area contributed by atoms with Gasteiger partial charge in [0.05, 0.1) is 0 Å². The molecule has 0 aliphatic carbocycles. The van der Waals surface area contributed by atoms with E-state index in [1.807, 2.05) is 6.07 Å². The fraction of sp³-hybridized carbons (Fsp3) is 0.714.